The molecular formula is C24H15F2N3S. The van der Waals surface area contributed by atoms with Crippen LogP contribution in [-0.4, -0.2) is 9.97 Å². The van der Waals surface area contributed by atoms with Crippen molar-refractivity contribution in [3.63, 3.8) is 0 Å². The maximum Gasteiger partial charge on any atom is 0.164 e. The van der Waals surface area contributed by atoms with Gasteiger partial charge in [-0.1, -0.05) is 42.1 Å². The Balaban J connectivity index is 1.64. The number of fused-ring (bicyclic) bond motifs is 2. The van der Waals surface area contributed by atoms with Gasteiger partial charge in [0.05, 0.1) is 11.0 Å². The molecule has 5 aromatic rings. The molecular weight excluding hydrogens is 400 g/mol. The van der Waals surface area contributed by atoms with Gasteiger partial charge < -0.3 is 5.32 Å². The monoisotopic (exact) mass is 415 g/mol. The van der Waals surface area contributed by atoms with E-state index in [4.69, 9.17) is 9.97 Å². The SMILES string of the molecule is Fc1ccc(Sc2nc3cc4ccccc4cc3nc2Nc2cccc(F)c2)cc1. The average molecular weight is 415 g/mol. The molecule has 1 N–H and O–H groups in total. The van der Waals surface area contributed by atoms with E-state index >= 15 is 0 Å². The van der Waals surface area contributed by atoms with E-state index in [-0.39, 0.29) is 11.6 Å². The quantitative estimate of drug-likeness (QED) is 0.322. The first kappa shape index (κ1) is 18.5. The summed E-state index contributed by atoms with van der Waals surface area (Å²) < 4.78 is 27.0. The Morgan fingerprint density at radius 2 is 1.37 bits per heavy atom. The number of hydrogen-bond acceptors (Lipinski definition) is 4. The van der Waals surface area contributed by atoms with Gasteiger partial charge in [-0.2, -0.15) is 0 Å². The van der Waals surface area contributed by atoms with Gasteiger partial charge >= 0.3 is 0 Å². The van der Waals surface area contributed by atoms with Gasteiger partial charge in [0.15, 0.2) is 5.82 Å². The van der Waals surface area contributed by atoms with Gasteiger partial charge in [-0.05, 0) is 65.4 Å². The Hall–Kier alpha value is -3.51. The number of nitrogens with one attached hydrogen (secondary N) is 1. The van der Waals surface area contributed by atoms with E-state index in [9.17, 15) is 8.78 Å². The zero-order valence-electron chi connectivity index (χ0n) is 15.6. The molecule has 6 heteroatoms. The molecule has 0 atom stereocenters. The summed E-state index contributed by atoms with van der Waals surface area (Å²) in [4.78, 5) is 10.4. The van der Waals surface area contributed by atoms with Crippen LogP contribution in [0.3, 0.4) is 0 Å². The summed E-state index contributed by atoms with van der Waals surface area (Å²) in [6, 6.07) is 24.4. The lowest BCUT2D eigenvalue weighted by Gasteiger charge is -2.12. The van der Waals surface area contributed by atoms with Crippen LogP contribution in [0.4, 0.5) is 20.3 Å². The number of aromatic nitrogens is 2. The van der Waals surface area contributed by atoms with Crippen molar-refractivity contribution >= 4 is 45.1 Å². The third kappa shape index (κ3) is 3.82. The molecule has 0 amide bonds. The molecule has 0 saturated carbocycles. The zero-order chi connectivity index (χ0) is 20.5. The van der Waals surface area contributed by atoms with Gasteiger partial charge in [0.25, 0.3) is 0 Å². The predicted molar refractivity (Wildman–Crippen MR) is 117 cm³/mol. The highest BCUT2D eigenvalue weighted by molar-refractivity contribution is 7.99. The lowest BCUT2D eigenvalue weighted by Crippen LogP contribution is -1.99. The van der Waals surface area contributed by atoms with E-state index in [0.29, 0.717) is 16.5 Å². The molecule has 0 spiro atoms. The van der Waals surface area contributed by atoms with E-state index in [1.807, 2.05) is 36.4 Å². The molecule has 0 radical (unpaired) electrons. The van der Waals surface area contributed by atoms with E-state index in [2.05, 4.69) is 5.32 Å². The molecule has 146 valence electrons. The van der Waals surface area contributed by atoms with Crippen LogP contribution in [-0.2, 0) is 0 Å². The van der Waals surface area contributed by atoms with Crippen molar-refractivity contribution in [2.45, 2.75) is 9.92 Å². The molecule has 0 saturated heterocycles. The largest absolute Gasteiger partial charge is 0.338 e. The first-order valence-corrected chi connectivity index (χ1v) is 10.1. The van der Waals surface area contributed by atoms with Crippen molar-refractivity contribution in [2.24, 2.45) is 0 Å². The van der Waals surface area contributed by atoms with Crippen LogP contribution >= 0.6 is 11.8 Å². The Morgan fingerprint density at radius 3 is 2.07 bits per heavy atom. The lowest BCUT2D eigenvalue weighted by molar-refractivity contribution is 0.626. The molecule has 0 aliphatic heterocycles. The lowest BCUT2D eigenvalue weighted by atomic mass is 10.1. The molecule has 3 nitrogen and oxygen atoms in total. The molecule has 0 aliphatic carbocycles. The van der Waals surface area contributed by atoms with Crippen molar-refractivity contribution in [1.29, 1.82) is 0 Å². The summed E-state index contributed by atoms with van der Waals surface area (Å²) in [5.41, 5.74) is 2.06. The third-order valence-corrected chi connectivity index (χ3v) is 5.60. The predicted octanol–water partition coefficient (Wildman–Crippen LogP) is 6.96. The van der Waals surface area contributed by atoms with E-state index in [1.165, 1.54) is 36.0 Å². The summed E-state index contributed by atoms with van der Waals surface area (Å²) in [6.07, 6.45) is 0. The minimum atomic E-state index is -0.340. The van der Waals surface area contributed by atoms with Crippen molar-refractivity contribution in [3.8, 4) is 0 Å². The van der Waals surface area contributed by atoms with Crippen molar-refractivity contribution < 1.29 is 8.78 Å². The molecule has 1 aromatic heterocycles. The Labute approximate surface area is 175 Å². The maximum absolute atomic E-state index is 13.7. The molecule has 1 heterocycles. The van der Waals surface area contributed by atoms with Crippen LogP contribution in [0.5, 0.6) is 0 Å². The molecule has 5 rings (SSSR count). The summed E-state index contributed by atoms with van der Waals surface area (Å²) in [7, 11) is 0. The van der Waals surface area contributed by atoms with Crippen LogP contribution in [0, 0.1) is 11.6 Å². The number of hydrogen-bond donors (Lipinski definition) is 1. The van der Waals surface area contributed by atoms with Gasteiger partial charge in [-0.3, -0.25) is 0 Å². The molecule has 0 unspecified atom stereocenters. The number of rotatable bonds is 4. The highest BCUT2D eigenvalue weighted by Crippen LogP contribution is 2.34. The van der Waals surface area contributed by atoms with Gasteiger partial charge in [0.1, 0.15) is 16.7 Å². The minimum Gasteiger partial charge on any atom is -0.338 e. The molecule has 0 bridgehead atoms. The van der Waals surface area contributed by atoms with E-state index in [0.717, 1.165) is 26.7 Å². The molecule has 0 aliphatic rings. The zero-order valence-corrected chi connectivity index (χ0v) is 16.5. The Bertz CT molecular complexity index is 1370. The second kappa shape index (κ2) is 7.72. The number of benzene rings is 4. The number of nitrogens with zero attached hydrogens (tertiary/aromatic N) is 2. The third-order valence-electron chi connectivity index (χ3n) is 4.62. The first-order chi connectivity index (χ1) is 14.6. The second-order valence-electron chi connectivity index (χ2n) is 6.76. The smallest absolute Gasteiger partial charge is 0.164 e. The average Bonchev–Trinajstić information content (AvgIpc) is 2.74. The fourth-order valence-electron chi connectivity index (χ4n) is 3.20. The molecule has 30 heavy (non-hydrogen) atoms. The van der Waals surface area contributed by atoms with Crippen LogP contribution in [0.2, 0.25) is 0 Å². The fraction of sp³-hybridized carbons (Fsp3) is 0. The molecule has 4 aromatic carbocycles. The van der Waals surface area contributed by atoms with Gasteiger partial charge in [0, 0.05) is 10.6 Å². The molecule has 0 fully saturated rings. The van der Waals surface area contributed by atoms with Crippen molar-refractivity contribution in [1.82, 2.24) is 9.97 Å². The summed E-state index contributed by atoms with van der Waals surface area (Å²) >= 11 is 1.37. The van der Waals surface area contributed by atoms with Gasteiger partial charge in [-0.15, -0.1) is 0 Å². The summed E-state index contributed by atoms with van der Waals surface area (Å²) in [6.45, 7) is 0. The van der Waals surface area contributed by atoms with Crippen LogP contribution in [0.25, 0.3) is 21.8 Å². The topological polar surface area (TPSA) is 37.8 Å². The van der Waals surface area contributed by atoms with Crippen molar-refractivity contribution in [3.05, 3.63) is 96.6 Å². The summed E-state index contributed by atoms with van der Waals surface area (Å²) in [5.74, 6) is -0.126. The Kier molecular flexibility index (Phi) is 4.77. The normalized spacial score (nSPS) is 11.1. The van der Waals surface area contributed by atoms with Crippen molar-refractivity contribution in [2.75, 3.05) is 5.32 Å². The second-order valence-corrected chi connectivity index (χ2v) is 7.82. The van der Waals surface area contributed by atoms with E-state index < -0.39 is 0 Å². The van der Waals surface area contributed by atoms with Gasteiger partial charge in [-0.25, -0.2) is 18.7 Å². The Morgan fingerprint density at radius 1 is 0.667 bits per heavy atom. The first-order valence-electron chi connectivity index (χ1n) is 9.31. The standard InChI is InChI=1S/C24H15F2N3S/c25-17-8-10-20(11-9-17)30-24-23(27-19-7-3-6-18(26)14-19)28-21-12-15-4-1-2-5-16(15)13-22(21)29-24/h1-14H,(H,27,28). The van der Waals surface area contributed by atoms with Crippen LogP contribution < -0.4 is 5.32 Å². The highest BCUT2D eigenvalue weighted by atomic mass is 32.2. The van der Waals surface area contributed by atoms with Crippen LogP contribution in [0.1, 0.15) is 0 Å². The number of halogens is 2. The highest BCUT2D eigenvalue weighted by Gasteiger charge is 2.13. The minimum absolute atomic E-state index is 0.298. The van der Waals surface area contributed by atoms with Gasteiger partial charge in [0.2, 0.25) is 0 Å². The maximum atomic E-state index is 13.7. The fourth-order valence-corrected chi connectivity index (χ4v) is 4.03. The van der Waals surface area contributed by atoms with E-state index in [1.54, 1.807) is 24.3 Å². The van der Waals surface area contributed by atoms with Crippen LogP contribution in [0.15, 0.2) is 94.9 Å². The summed E-state index contributed by atoms with van der Waals surface area (Å²) in [5, 5.41) is 5.93. The number of anilines is 2.